The average Bonchev–Trinajstić information content (AvgIpc) is 3.88. The minimum atomic E-state index is -0.484. The Labute approximate surface area is 359 Å². The first-order chi connectivity index (χ1) is 30.7. The highest BCUT2D eigenvalue weighted by Gasteiger charge is 2.46. The van der Waals surface area contributed by atoms with Crippen LogP contribution in [-0.2, 0) is 5.41 Å². The quantitative estimate of drug-likeness (QED) is 0.161. The molecule has 11 aromatic rings. The number of rotatable bonds is 7. The zero-order valence-electron chi connectivity index (χ0n) is 33.6. The molecule has 0 amide bonds. The molecule has 0 unspecified atom stereocenters. The van der Waals surface area contributed by atoms with Crippen molar-refractivity contribution in [3.05, 3.63) is 247 Å². The molecule has 0 bridgehead atoms. The van der Waals surface area contributed by atoms with Gasteiger partial charge in [0.25, 0.3) is 0 Å². The zero-order chi connectivity index (χ0) is 41.0. The minimum absolute atomic E-state index is 0.484. The maximum atomic E-state index is 6.82. The Bertz CT molecular complexity index is 3360. The first kappa shape index (κ1) is 35.7. The Balaban J connectivity index is 0.922. The molecule has 62 heavy (non-hydrogen) atoms. The molecule has 2 heterocycles. The lowest BCUT2D eigenvalue weighted by Gasteiger charge is -2.33. The van der Waals surface area contributed by atoms with Gasteiger partial charge in [-0.3, -0.25) is 0 Å². The van der Waals surface area contributed by atoms with Crippen LogP contribution in [-0.4, -0.2) is 15.0 Å². The molecule has 0 saturated carbocycles. The van der Waals surface area contributed by atoms with Crippen molar-refractivity contribution < 1.29 is 4.42 Å². The number of hydrogen-bond donors (Lipinski definition) is 0. The van der Waals surface area contributed by atoms with Crippen LogP contribution in [0, 0.1) is 0 Å². The van der Waals surface area contributed by atoms with E-state index in [2.05, 4.69) is 164 Å². The second kappa shape index (κ2) is 14.5. The standard InChI is InChI=1S/C58H37N3O/c1-4-16-38(17-5-1)55-59-56(39-18-6-2-7-19-39)61-57(60-55)44-23-15-22-42(35-44)40-20-14-21-41(34-40)43-30-32-49-50-33-31-46(37-54(50)62-53(49)36-43)58(45-24-8-3-9-25-45)51-28-12-10-26-47(51)48-27-11-13-29-52(48)58/h1-37H. The highest BCUT2D eigenvalue weighted by Crippen LogP contribution is 2.56. The molecule has 0 atom stereocenters. The Morgan fingerprint density at radius 2 is 0.710 bits per heavy atom. The molecule has 0 spiro atoms. The molecular weight excluding hydrogens is 755 g/mol. The van der Waals surface area contributed by atoms with Gasteiger partial charge in [0, 0.05) is 27.5 Å². The first-order valence-electron chi connectivity index (χ1n) is 21.0. The van der Waals surface area contributed by atoms with E-state index in [1.165, 1.54) is 33.4 Å². The molecule has 4 nitrogen and oxygen atoms in total. The van der Waals surface area contributed by atoms with Crippen LogP contribution in [0.4, 0.5) is 0 Å². The summed E-state index contributed by atoms with van der Waals surface area (Å²) in [4.78, 5) is 14.8. The molecular formula is C58H37N3O. The van der Waals surface area contributed by atoms with Crippen molar-refractivity contribution in [2.75, 3.05) is 0 Å². The third-order valence-corrected chi connectivity index (χ3v) is 12.4. The van der Waals surface area contributed by atoms with Crippen LogP contribution >= 0.6 is 0 Å². The highest BCUT2D eigenvalue weighted by atomic mass is 16.3. The monoisotopic (exact) mass is 791 g/mol. The number of hydrogen-bond acceptors (Lipinski definition) is 4. The van der Waals surface area contributed by atoms with Crippen molar-refractivity contribution in [3.63, 3.8) is 0 Å². The molecule has 0 fully saturated rings. The topological polar surface area (TPSA) is 51.8 Å². The molecule has 9 aromatic carbocycles. The van der Waals surface area contributed by atoms with Crippen molar-refractivity contribution in [3.8, 4) is 67.5 Å². The summed E-state index contributed by atoms with van der Waals surface area (Å²) in [5, 5.41) is 2.20. The van der Waals surface area contributed by atoms with Gasteiger partial charge in [0.1, 0.15) is 11.2 Å². The van der Waals surface area contributed by atoms with E-state index in [0.717, 1.165) is 60.9 Å². The fraction of sp³-hybridized carbons (Fsp3) is 0.0172. The highest BCUT2D eigenvalue weighted by molar-refractivity contribution is 6.06. The summed E-state index contributed by atoms with van der Waals surface area (Å²) in [5.41, 5.74) is 16.0. The third kappa shape index (κ3) is 5.80. The number of furan rings is 1. The van der Waals surface area contributed by atoms with Gasteiger partial charge >= 0.3 is 0 Å². The van der Waals surface area contributed by atoms with E-state index in [9.17, 15) is 0 Å². The van der Waals surface area contributed by atoms with Crippen molar-refractivity contribution in [1.29, 1.82) is 0 Å². The summed E-state index contributed by atoms with van der Waals surface area (Å²) in [6.07, 6.45) is 0. The molecule has 12 rings (SSSR count). The average molecular weight is 792 g/mol. The van der Waals surface area contributed by atoms with Crippen LogP contribution in [0.2, 0.25) is 0 Å². The summed E-state index contributed by atoms with van der Waals surface area (Å²) >= 11 is 0. The molecule has 4 heteroatoms. The molecule has 0 saturated heterocycles. The Morgan fingerprint density at radius 1 is 0.290 bits per heavy atom. The van der Waals surface area contributed by atoms with Gasteiger partial charge in [-0.25, -0.2) is 15.0 Å². The molecule has 0 radical (unpaired) electrons. The largest absolute Gasteiger partial charge is 0.456 e. The fourth-order valence-electron chi connectivity index (χ4n) is 9.56. The summed E-state index contributed by atoms with van der Waals surface area (Å²) in [7, 11) is 0. The predicted octanol–water partition coefficient (Wildman–Crippen LogP) is 14.5. The van der Waals surface area contributed by atoms with Gasteiger partial charge in [-0.05, 0) is 86.0 Å². The smallest absolute Gasteiger partial charge is 0.164 e. The summed E-state index contributed by atoms with van der Waals surface area (Å²) in [5.74, 6) is 1.91. The van der Waals surface area contributed by atoms with Crippen LogP contribution in [0.15, 0.2) is 229 Å². The van der Waals surface area contributed by atoms with Gasteiger partial charge in [0.15, 0.2) is 17.5 Å². The van der Waals surface area contributed by atoms with Gasteiger partial charge in [0.05, 0.1) is 5.41 Å². The molecule has 0 N–H and O–H groups in total. The van der Waals surface area contributed by atoms with Gasteiger partial charge < -0.3 is 4.42 Å². The van der Waals surface area contributed by atoms with Crippen LogP contribution in [0.1, 0.15) is 22.3 Å². The SMILES string of the molecule is c1ccc(-c2nc(-c3ccccc3)nc(-c3cccc(-c4cccc(-c5ccc6c(c5)oc5cc(C7(c8ccccc8)c8ccccc8-c8ccccc87)ccc56)c4)c3)n2)cc1. The Morgan fingerprint density at radius 3 is 1.29 bits per heavy atom. The normalized spacial score (nSPS) is 12.6. The number of nitrogens with zero attached hydrogens (tertiary/aromatic N) is 3. The van der Waals surface area contributed by atoms with Crippen molar-refractivity contribution in [1.82, 2.24) is 15.0 Å². The molecule has 1 aliphatic rings. The second-order valence-electron chi connectivity index (χ2n) is 15.9. The fourth-order valence-corrected chi connectivity index (χ4v) is 9.56. The maximum absolute atomic E-state index is 6.82. The Kier molecular flexibility index (Phi) is 8.36. The lowest BCUT2D eigenvalue weighted by atomic mass is 9.67. The van der Waals surface area contributed by atoms with Gasteiger partial charge in [-0.15, -0.1) is 0 Å². The predicted molar refractivity (Wildman–Crippen MR) is 252 cm³/mol. The van der Waals surface area contributed by atoms with Crippen LogP contribution in [0.25, 0.3) is 89.5 Å². The van der Waals surface area contributed by atoms with Gasteiger partial charge in [-0.2, -0.15) is 0 Å². The zero-order valence-corrected chi connectivity index (χ0v) is 33.6. The summed E-state index contributed by atoms with van der Waals surface area (Å²) in [6.45, 7) is 0. The Hall–Kier alpha value is -8.21. The van der Waals surface area contributed by atoms with E-state index in [4.69, 9.17) is 19.4 Å². The first-order valence-corrected chi connectivity index (χ1v) is 21.0. The van der Waals surface area contributed by atoms with Crippen molar-refractivity contribution in [2.45, 2.75) is 5.41 Å². The molecule has 0 aliphatic heterocycles. The molecule has 2 aromatic heterocycles. The third-order valence-electron chi connectivity index (χ3n) is 12.4. The van der Waals surface area contributed by atoms with Crippen LogP contribution in [0.5, 0.6) is 0 Å². The number of benzene rings is 9. The van der Waals surface area contributed by atoms with Gasteiger partial charge in [0.2, 0.25) is 0 Å². The van der Waals surface area contributed by atoms with Crippen molar-refractivity contribution in [2.24, 2.45) is 0 Å². The summed E-state index contributed by atoms with van der Waals surface area (Å²) in [6, 6.07) is 79.3. The van der Waals surface area contributed by atoms with E-state index >= 15 is 0 Å². The lowest BCUT2D eigenvalue weighted by Crippen LogP contribution is -2.28. The van der Waals surface area contributed by atoms with E-state index < -0.39 is 5.41 Å². The van der Waals surface area contributed by atoms with E-state index in [1.54, 1.807) is 0 Å². The summed E-state index contributed by atoms with van der Waals surface area (Å²) < 4.78 is 6.82. The van der Waals surface area contributed by atoms with Crippen LogP contribution in [0.3, 0.4) is 0 Å². The minimum Gasteiger partial charge on any atom is -0.456 e. The number of fused-ring (bicyclic) bond motifs is 6. The van der Waals surface area contributed by atoms with Gasteiger partial charge in [-0.1, -0.05) is 194 Å². The van der Waals surface area contributed by atoms with E-state index in [0.29, 0.717) is 17.5 Å². The van der Waals surface area contributed by atoms with E-state index in [1.807, 2.05) is 60.7 Å². The lowest BCUT2D eigenvalue weighted by molar-refractivity contribution is 0.666. The van der Waals surface area contributed by atoms with Crippen LogP contribution < -0.4 is 0 Å². The molecule has 1 aliphatic carbocycles. The second-order valence-corrected chi connectivity index (χ2v) is 15.9. The number of aromatic nitrogens is 3. The maximum Gasteiger partial charge on any atom is 0.164 e. The van der Waals surface area contributed by atoms with E-state index in [-0.39, 0.29) is 0 Å². The van der Waals surface area contributed by atoms with Crippen molar-refractivity contribution >= 4 is 21.9 Å². The molecule has 290 valence electrons.